The van der Waals surface area contributed by atoms with Gasteiger partial charge in [-0.2, -0.15) is 0 Å². The van der Waals surface area contributed by atoms with Crippen molar-refractivity contribution in [2.75, 3.05) is 5.32 Å². The molecule has 0 amide bonds. The number of aliphatic hydroxyl groups excluding tert-OH is 1. The zero-order chi connectivity index (χ0) is 14.0. The van der Waals surface area contributed by atoms with Crippen molar-refractivity contribution in [3.8, 4) is 0 Å². The van der Waals surface area contributed by atoms with Gasteiger partial charge in [-0.05, 0) is 12.8 Å². The van der Waals surface area contributed by atoms with Crippen molar-refractivity contribution >= 4 is 17.4 Å². The van der Waals surface area contributed by atoms with E-state index in [1.54, 1.807) is 6.07 Å². The molecule has 2 N–H and O–H groups in total. The first-order valence-electron chi connectivity index (χ1n) is 6.86. The highest BCUT2D eigenvalue weighted by molar-refractivity contribution is 6.29. The van der Waals surface area contributed by atoms with Gasteiger partial charge in [-0.15, -0.1) is 0 Å². The van der Waals surface area contributed by atoms with Crippen LogP contribution in [-0.4, -0.2) is 27.2 Å². The molecule has 1 saturated carbocycles. The Morgan fingerprint density at radius 1 is 1.26 bits per heavy atom. The molecule has 1 aromatic rings. The molecule has 19 heavy (non-hydrogen) atoms. The van der Waals surface area contributed by atoms with Crippen LogP contribution in [-0.2, 0) is 5.41 Å². The van der Waals surface area contributed by atoms with E-state index in [0.717, 1.165) is 25.7 Å². The molecule has 2 unspecified atom stereocenters. The van der Waals surface area contributed by atoms with Crippen LogP contribution in [0.2, 0.25) is 5.15 Å². The maximum absolute atomic E-state index is 9.99. The van der Waals surface area contributed by atoms with Gasteiger partial charge in [0.15, 0.2) is 0 Å². The topological polar surface area (TPSA) is 58.0 Å². The second-order valence-corrected chi connectivity index (χ2v) is 6.64. The Bertz CT molecular complexity index is 445. The van der Waals surface area contributed by atoms with Crippen LogP contribution in [0.5, 0.6) is 0 Å². The van der Waals surface area contributed by atoms with Crippen LogP contribution >= 0.6 is 11.6 Å². The lowest BCUT2D eigenvalue weighted by Gasteiger charge is -2.29. The summed E-state index contributed by atoms with van der Waals surface area (Å²) >= 11 is 6.06. The molecule has 5 heteroatoms. The largest absolute Gasteiger partial charge is 0.391 e. The number of hydrogen-bond donors (Lipinski definition) is 2. The molecule has 1 heterocycles. The normalized spacial score (nSPS) is 24.3. The molecule has 0 saturated heterocycles. The molecule has 0 aromatic carbocycles. The van der Waals surface area contributed by atoms with E-state index in [2.05, 4.69) is 36.1 Å². The molecule has 1 aliphatic carbocycles. The molecule has 4 nitrogen and oxygen atoms in total. The Morgan fingerprint density at radius 2 is 1.95 bits per heavy atom. The third-order valence-electron chi connectivity index (χ3n) is 3.43. The molecule has 0 spiro atoms. The summed E-state index contributed by atoms with van der Waals surface area (Å²) in [5.41, 5.74) is -0.146. The van der Waals surface area contributed by atoms with E-state index in [4.69, 9.17) is 11.6 Å². The van der Waals surface area contributed by atoms with Gasteiger partial charge in [0.05, 0.1) is 12.1 Å². The van der Waals surface area contributed by atoms with E-state index in [0.29, 0.717) is 16.8 Å². The maximum Gasteiger partial charge on any atom is 0.137 e. The number of hydrogen-bond acceptors (Lipinski definition) is 4. The number of rotatable bonds is 2. The standard InChI is InChI=1S/C14H22ClN3O/c1-14(2,3)13-17-11(15)8-12(18-13)16-9-6-4-5-7-10(9)19/h8-10,19H,4-7H2,1-3H3,(H,16,17,18). The van der Waals surface area contributed by atoms with Gasteiger partial charge in [0.2, 0.25) is 0 Å². The monoisotopic (exact) mass is 283 g/mol. The zero-order valence-electron chi connectivity index (χ0n) is 11.8. The lowest BCUT2D eigenvalue weighted by molar-refractivity contribution is 0.116. The Morgan fingerprint density at radius 3 is 2.58 bits per heavy atom. The van der Waals surface area contributed by atoms with E-state index in [-0.39, 0.29) is 17.6 Å². The van der Waals surface area contributed by atoms with Gasteiger partial charge in [0.1, 0.15) is 16.8 Å². The third-order valence-corrected chi connectivity index (χ3v) is 3.62. The van der Waals surface area contributed by atoms with Crippen LogP contribution in [0.25, 0.3) is 0 Å². The first-order chi connectivity index (χ1) is 8.86. The number of aromatic nitrogens is 2. The predicted octanol–water partition coefficient (Wildman–Crippen LogP) is 3.14. The highest BCUT2D eigenvalue weighted by Gasteiger charge is 2.24. The SMILES string of the molecule is CC(C)(C)c1nc(Cl)cc(NC2CCCCC2O)n1. The quantitative estimate of drug-likeness (QED) is 0.819. The summed E-state index contributed by atoms with van der Waals surface area (Å²) in [5, 5.41) is 13.7. The van der Waals surface area contributed by atoms with Gasteiger partial charge in [-0.3, -0.25) is 0 Å². The second-order valence-electron chi connectivity index (χ2n) is 6.25. The molecule has 0 bridgehead atoms. The van der Waals surface area contributed by atoms with Crippen molar-refractivity contribution in [3.63, 3.8) is 0 Å². The number of aliphatic hydroxyl groups is 1. The van der Waals surface area contributed by atoms with Crippen molar-refractivity contribution in [1.82, 2.24) is 9.97 Å². The molecule has 1 aliphatic rings. The smallest absolute Gasteiger partial charge is 0.137 e. The molecule has 1 fully saturated rings. The Labute approximate surface area is 119 Å². The summed E-state index contributed by atoms with van der Waals surface area (Å²) in [5.74, 6) is 1.42. The summed E-state index contributed by atoms with van der Waals surface area (Å²) in [6, 6.07) is 1.78. The van der Waals surface area contributed by atoms with Gasteiger partial charge < -0.3 is 10.4 Å². The van der Waals surface area contributed by atoms with Crippen LogP contribution < -0.4 is 5.32 Å². The van der Waals surface area contributed by atoms with Crippen molar-refractivity contribution in [1.29, 1.82) is 0 Å². The Kier molecular flexibility index (Phi) is 4.31. The molecule has 106 valence electrons. The summed E-state index contributed by atoms with van der Waals surface area (Å²) in [4.78, 5) is 8.78. The molecule has 2 rings (SSSR count). The van der Waals surface area contributed by atoms with Crippen LogP contribution in [0, 0.1) is 0 Å². The van der Waals surface area contributed by atoms with E-state index in [1.807, 2.05) is 0 Å². The molecular formula is C14H22ClN3O. The third kappa shape index (κ3) is 3.80. The number of nitrogens with one attached hydrogen (secondary N) is 1. The highest BCUT2D eigenvalue weighted by atomic mass is 35.5. The van der Waals surface area contributed by atoms with Gasteiger partial charge in [0, 0.05) is 11.5 Å². The average molecular weight is 284 g/mol. The van der Waals surface area contributed by atoms with Crippen LogP contribution in [0.15, 0.2) is 6.07 Å². The molecule has 1 aromatic heterocycles. The number of anilines is 1. The fraction of sp³-hybridized carbons (Fsp3) is 0.714. The fourth-order valence-electron chi connectivity index (χ4n) is 2.30. The maximum atomic E-state index is 9.99. The van der Waals surface area contributed by atoms with Crippen LogP contribution in [0.4, 0.5) is 5.82 Å². The Hall–Kier alpha value is -0.870. The zero-order valence-corrected chi connectivity index (χ0v) is 12.5. The lowest BCUT2D eigenvalue weighted by Crippen LogP contribution is -2.36. The van der Waals surface area contributed by atoms with Crippen molar-refractivity contribution in [3.05, 3.63) is 17.0 Å². The molecular weight excluding hydrogens is 262 g/mol. The first kappa shape index (κ1) is 14.5. The van der Waals surface area contributed by atoms with Crippen LogP contribution in [0.3, 0.4) is 0 Å². The summed E-state index contributed by atoms with van der Waals surface area (Å²) in [6.07, 6.45) is 3.74. The fourth-order valence-corrected chi connectivity index (χ4v) is 2.48. The Balaban J connectivity index is 2.18. The first-order valence-corrected chi connectivity index (χ1v) is 7.24. The van der Waals surface area contributed by atoms with Crippen LogP contribution in [0.1, 0.15) is 52.3 Å². The number of halogens is 1. The average Bonchev–Trinajstić information content (AvgIpc) is 2.30. The summed E-state index contributed by atoms with van der Waals surface area (Å²) in [7, 11) is 0. The van der Waals surface area contributed by atoms with Crippen molar-refractivity contribution < 1.29 is 5.11 Å². The minimum Gasteiger partial charge on any atom is -0.391 e. The van der Waals surface area contributed by atoms with Crippen molar-refractivity contribution in [2.24, 2.45) is 0 Å². The van der Waals surface area contributed by atoms with E-state index in [1.165, 1.54) is 0 Å². The van der Waals surface area contributed by atoms with E-state index >= 15 is 0 Å². The van der Waals surface area contributed by atoms with E-state index < -0.39 is 0 Å². The lowest BCUT2D eigenvalue weighted by atomic mass is 9.92. The van der Waals surface area contributed by atoms with Crippen molar-refractivity contribution in [2.45, 2.75) is 64.0 Å². The van der Waals surface area contributed by atoms with Gasteiger partial charge in [0.25, 0.3) is 0 Å². The van der Waals surface area contributed by atoms with Gasteiger partial charge >= 0.3 is 0 Å². The van der Waals surface area contributed by atoms with Gasteiger partial charge in [-0.25, -0.2) is 9.97 Å². The number of nitrogens with zero attached hydrogens (tertiary/aromatic N) is 2. The predicted molar refractivity (Wildman–Crippen MR) is 77.6 cm³/mol. The highest BCUT2D eigenvalue weighted by Crippen LogP contribution is 2.25. The minimum atomic E-state index is -0.305. The summed E-state index contributed by atoms with van der Waals surface area (Å²) < 4.78 is 0. The molecule has 0 aliphatic heterocycles. The second kappa shape index (κ2) is 5.63. The minimum absolute atomic E-state index is 0.0625. The summed E-state index contributed by atoms with van der Waals surface area (Å²) in [6.45, 7) is 6.16. The van der Waals surface area contributed by atoms with E-state index in [9.17, 15) is 5.11 Å². The van der Waals surface area contributed by atoms with Gasteiger partial charge in [-0.1, -0.05) is 45.2 Å². The molecule has 0 radical (unpaired) electrons. The molecule has 2 atom stereocenters.